The molecule has 0 bridgehead atoms. The van der Waals surface area contributed by atoms with E-state index in [1.165, 1.54) is 25.7 Å². The SMILES string of the molecule is CC1(C)CCC(NC2CCN(C(=O)C3CC3)CC2)CC1. The van der Waals surface area contributed by atoms with Crippen LogP contribution in [0.1, 0.15) is 65.2 Å². The highest BCUT2D eigenvalue weighted by Gasteiger charge is 2.35. The number of rotatable bonds is 3. The van der Waals surface area contributed by atoms with Crippen molar-refractivity contribution < 1.29 is 4.79 Å². The van der Waals surface area contributed by atoms with E-state index in [1.54, 1.807) is 0 Å². The van der Waals surface area contributed by atoms with Crippen LogP contribution in [0.25, 0.3) is 0 Å². The summed E-state index contributed by atoms with van der Waals surface area (Å²) in [6.45, 7) is 6.74. The molecule has 0 radical (unpaired) electrons. The van der Waals surface area contributed by atoms with E-state index >= 15 is 0 Å². The third-order valence-corrected chi connectivity index (χ3v) is 5.54. The van der Waals surface area contributed by atoms with Crippen LogP contribution < -0.4 is 5.32 Å². The number of nitrogens with one attached hydrogen (secondary N) is 1. The first-order chi connectivity index (χ1) is 9.53. The Morgan fingerprint density at radius 1 is 0.950 bits per heavy atom. The van der Waals surface area contributed by atoms with Gasteiger partial charge < -0.3 is 10.2 Å². The Morgan fingerprint density at radius 2 is 1.50 bits per heavy atom. The number of likely N-dealkylation sites (tertiary alicyclic amines) is 1. The Bertz CT molecular complexity index is 344. The summed E-state index contributed by atoms with van der Waals surface area (Å²) in [4.78, 5) is 14.1. The molecule has 114 valence electrons. The smallest absolute Gasteiger partial charge is 0.225 e. The molecular formula is C17H30N2O. The van der Waals surface area contributed by atoms with Crippen LogP contribution in [0.15, 0.2) is 0 Å². The lowest BCUT2D eigenvalue weighted by Gasteiger charge is -2.39. The van der Waals surface area contributed by atoms with Gasteiger partial charge in [-0.25, -0.2) is 0 Å². The molecule has 20 heavy (non-hydrogen) atoms. The number of nitrogens with zero attached hydrogens (tertiary/aromatic N) is 1. The lowest BCUT2D eigenvalue weighted by molar-refractivity contribution is -0.133. The molecule has 0 aromatic carbocycles. The maximum atomic E-state index is 12.0. The van der Waals surface area contributed by atoms with Crippen LogP contribution in [0.4, 0.5) is 0 Å². The Morgan fingerprint density at radius 3 is 2.05 bits per heavy atom. The van der Waals surface area contributed by atoms with Crippen molar-refractivity contribution in [2.45, 2.75) is 77.3 Å². The van der Waals surface area contributed by atoms with Gasteiger partial charge in [0.1, 0.15) is 0 Å². The molecule has 1 saturated heterocycles. The van der Waals surface area contributed by atoms with Crippen LogP contribution in [0.3, 0.4) is 0 Å². The third-order valence-electron chi connectivity index (χ3n) is 5.54. The predicted molar refractivity (Wildman–Crippen MR) is 81.5 cm³/mol. The van der Waals surface area contributed by atoms with Crippen LogP contribution >= 0.6 is 0 Å². The summed E-state index contributed by atoms with van der Waals surface area (Å²) in [5, 5.41) is 3.86. The van der Waals surface area contributed by atoms with Gasteiger partial charge in [0.05, 0.1) is 0 Å². The van der Waals surface area contributed by atoms with Gasteiger partial charge >= 0.3 is 0 Å². The van der Waals surface area contributed by atoms with Gasteiger partial charge in [-0.2, -0.15) is 0 Å². The summed E-state index contributed by atoms with van der Waals surface area (Å²) < 4.78 is 0. The van der Waals surface area contributed by atoms with Crippen molar-refractivity contribution in [3.05, 3.63) is 0 Å². The molecule has 2 aliphatic carbocycles. The summed E-state index contributed by atoms with van der Waals surface area (Å²) in [6, 6.07) is 1.36. The minimum atomic E-state index is 0.389. The molecule has 0 spiro atoms. The van der Waals surface area contributed by atoms with Crippen molar-refractivity contribution in [2.75, 3.05) is 13.1 Å². The van der Waals surface area contributed by atoms with Gasteiger partial charge in [-0.15, -0.1) is 0 Å². The first-order valence-corrected chi connectivity index (χ1v) is 8.58. The van der Waals surface area contributed by atoms with Gasteiger partial charge in [0.2, 0.25) is 5.91 Å². The lowest BCUT2D eigenvalue weighted by atomic mass is 9.75. The highest BCUT2D eigenvalue weighted by atomic mass is 16.2. The van der Waals surface area contributed by atoms with Crippen molar-refractivity contribution in [3.8, 4) is 0 Å². The quantitative estimate of drug-likeness (QED) is 0.861. The topological polar surface area (TPSA) is 32.3 Å². The second-order valence-corrected chi connectivity index (χ2v) is 7.98. The molecule has 0 aromatic rings. The molecular weight excluding hydrogens is 248 g/mol. The molecule has 1 amide bonds. The van der Waals surface area contributed by atoms with Crippen molar-refractivity contribution in [2.24, 2.45) is 11.3 Å². The number of carbonyl (C=O) groups is 1. The first-order valence-electron chi connectivity index (χ1n) is 8.58. The third kappa shape index (κ3) is 3.55. The molecule has 0 unspecified atom stereocenters. The molecule has 1 aliphatic heterocycles. The number of hydrogen-bond acceptors (Lipinski definition) is 2. The normalized spacial score (nSPS) is 28.6. The zero-order chi connectivity index (χ0) is 14.2. The standard InChI is InChI=1S/C17H30N2O/c1-17(2)9-5-14(6-10-17)18-15-7-11-19(12-8-15)16(20)13-3-4-13/h13-15,18H,3-12H2,1-2H3. The number of hydrogen-bond donors (Lipinski definition) is 1. The van der Waals surface area contributed by atoms with Crippen LogP contribution in [-0.2, 0) is 4.79 Å². The summed E-state index contributed by atoms with van der Waals surface area (Å²) in [7, 11) is 0. The molecule has 3 heteroatoms. The predicted octanol–water partition coefficient (Wildman–Crippen LogP) is 2.95. The van der Waals surface area contributed by atoms with Gasteiger partial charge in [0.25, 0.3) is 0 Å². The van der Waals surface area contributed by atoms with Gasteiger partial charge in [0, 0.05) is 31.1 Å². The van der Waals surface area contributed by atoms with Crippen molar-refractivity contribution >= 4 is 5.91 Å². The Balaban J connectivity index is 1.39. The van der Waals surface area contributed by atoms with Crippen LogP contribution in [0.5, 0.6) is 0 Å². The first kappa shape index (κ1) is 14.4. The van der Waals surface area contributed by atoms with Crippen molar-refractivity contribution in [1.29, 1.82) is 0 Å². The van der Waals surface area contributed by atoms with E-state index in [1.807, 2.05) is 0 Å². The van der Waals surface area contributed by atoms with Crippen LogP contribution in [0, 0.1) is 11.3 Å². The maximum Gasteiger partial charge on any atom is 0.225 e. The molecule has 0 aromatic heterocycles. The largest absolute Gasteiger partial charge is 0.342 e. The van der Waals surface area contributed by atoms with E-state index in [4.69, 9.17) is 0 Å². The van der Waals surface area contributed by atoms with Gasteiger partial charge in [0.15, 0.2) is 0 Å². The molecule has 2 saturated carbocycles. The van der Waals surface area contributed by atoms with E-state index in [0.29, 0.717) is 23.3 Å². The highest BCUT2D eigenvalue weighted by Crippen LogP contribution is 2.35. The highest BCUT2D eigenvalue weighted by molar-refractivity contribution is 5.81. The van der Waals surface area contributed by atoms with E-state index in [-0.39, 0.29) is 0 Å². The molecule has 3 aliphatic rings. The average molecular weight is 278 g/mol. The number of piperidine rings is 1. The average Bonchev–Trinajstić information content (AvgIpc) is 3.26. The number of carbonyl (C=O) groups excluding carboxylic acids is 1. The summed E-state index contributed by atoms with van der Waals surface area (Å²) >= 11 is 0. The van der Waals surface area contributed by atoms with Gasteiger partial charge in [-0.1, -0.05) is 13.8 Å². The fraction of sp³-hybridized carbons (Fsp3) is 0.941. The zero-order valence-electron chi connectivity index (χ0n) is 13.2. The van der Waals surface area contributed by atoms with E-state index < -0.39 is 0 Å². The van der Waals surface area contributed by atoms with Gasteiger partial charge in [-0.3, -0.25) is 4.79 Å². The van der Waals surface area contributed by atoms with E-state index in [9.17, 15) is 4.79 Å². The molecule has 3 fully saturated rings. The van der Waals surface area contributed by atoms with Crippen LogP contribution in [0.2, 0.25) is 0 Å². The number of amides is 1. The zero-order valence-corrected chi connectivity index (χ0v) is 13.2. The Hall–Kier alpha value is -0.570. The van der Waals surface area contributed by atoms with E-state index in [2.05, 4.69) is 24.1 Å². The monoisotopic (exact) mass is 278 g/mol. The minimum absolute atomic E-state index is 0.389. The molecule has 0 atom stereocenters. The van der Waals surface area contributed by atoms with Crippen molar-refractivity contribution in [1.82, 2.24) is 10.2 Å². The second kappa shape index (κ2) is 5.67. The summed E-state index contributed by atoms with van der Waals surface area (Å²) in [5.74, 6) is 0.822. The minimum Gasteiger partial charge on any atom is -0.342 e. The van der Waals surface area contributed by atoms with Gasteiger partial charge in [-0.05, 0) is 56.8 Å². The molecule has 3 rings (SSSR count). The fourth-order valence-electron chi connectivity index (χ4n) is 3.75. The van der Waals surface area contributed by atoms with E-state index in [0.717, 1.165) is 44.8 Å². The summed E-state index contributed by atoms with van der Waals surface area (Å²) in [6.07, 6.45) is 9.93. The Kier molecular flexibility index (Phi) is 4.07. The van der Waals surface area contributed by atoms with Crippen molar-refractivity contribution in [3.63, 3.8) is 0 Å². The Labute approximate surface area is 123 Å². The lowest BCUT2D eigenvalue weighted by Crippen LogP contribution is -2.49. The molecule has 1 N–H and O–H groups in total. The molecule has 3 nitrogen and oxygen atoms in total. The second-order valence-electron chi connectivity index (χ2n) is 7.98. The summed E-state index contributed by atoms with van der Waals surface area (Å²) in [5.41, 5.74) is 0.554. The fourth-order valence-corrected chi connectivity index (χ4v) is 3.75. The van der Waals surface area contributed by atoms with Crippen LogP contribution in [-0.4, -0.2) is 36.0 Å². The maximum absolute atomic E-state index is 12.0. The molecule has 1 heterocycles.